The number of carboxylic acids is 1. The molecule has 0 aliphatic heterocycles. The van der Waals surface area contributed by atoms with Gasteiger partial charge in [0.2, 0.25) is 0 Å². The molecule has 0 amide bonds. The summed E-state index contributed by atoms with van der Waals surface area (Å²) in [7, 11) is 0. The molecule has 0 aliphatic rings. The number of ether oxygens (including phenoxy) is 1. The number of nitrogens with one attached hydrogen (secondary N) is 1. The van der Waals surface area contributed by atoms with Crippen molar-refractivity contribution in [2.24, 2.45) is 0 Å². The van der Waals surface area contributed by atoms with Crippen LogP contribution in [-0.2, 0) is 16.1 Å². The van der Waals surface area contributed by atoms with Gasteiger partial charge in [0.15, 0.2) is 0 Å². The number of rotatable bonds is 8. The number of carbonyl (C=O) groups excluding carboxylic acids is 1. The standard InChI is InChI=1S/C12H18N2O5S/c1-3-14(6-5-9(15)16)7-8-10(11(17)19-4-2)13-12(18)20-8/h3-7H2,1-2H3,(H,13,18)(H,15,16). The molecule has 0 aromatic carbocycles. The second-order valence-electron chi connectivity index (χ2n) is 4.05. The smallest absolute Gasteiger partial charge is 0.356 e. The maximum atomic E-state index is 11.7. The van der Waals surface area contributed by atoms with Crippen LogP contribution in [0, 0.1) is 0 Å². The number of aromatic amines is 1. The molecule has 0 bridgehead atoms. The molecule has 0 saturated carbocycles. The fourth-order valence-corrected chi connectivity index (χ4v) is 2.51. The molecule has 1 rings (SSSR count). The lowest BCUT2D eigenvalue weighted by atomic mass is 10.3. The van der Waals surface area contributed by atoms with Crippen molar-refractivity contribution in [3.05, 3.63) is 20.2 Å². The van der Waals surface area contributed by atoms with E-state index in [4.69, 9.17) is 9.84 Å². The molecule has 0 fully saturated rings. The number of aromatic nitrogens is 1. The normalized spacial score (nSPS) is 10.8. The summed E-state index contributed by atoms with van der Waals surface area (Å²) in [6.45, 7) is 5.14. The Balaban J connectivity index is 2.81. The quantitative estimate of drug-likeness (QED) is 0.692. The Bertz CT molecular complexity index is 522. The number of carboxylic acid groups (broad SMARTS) is 1. The van der Waals surface area contributed by atoms with Gasteiger partial charge in [-0.15, -0.1) is 0 Å². The van der Waals surface area contributed by atoms with Gasteiger partial charge in [-0.25, -0.2) is 4.79 Å². The third-order valence-electron chi connectivity index (χ3n) is 2.66. The fraction of sp³-hybridized carbons (Fsp3) is 0.583. The molecule has 0 atom stereocenters. The molecular formula is C12H18N2O5S. The van der Waals surface area contributed by atoms with Gasteiger partial charge >= 0.3 is 16.8 Å². The molecule has 7 nitrogen and oxygen atoms in total. The minimum absolute atomic E-state index is 0.0158. The summed E-state index contributed by atoms with van der Waals surface area (Å²) in [4.78, 5) is 38.3. The number of thiazole rings is 1. The van der Waals surface area contributed by atoms with Gasteiger partial charge in [0, 0.05) is 13.1 Å². The molecule has 1 aromatic rings. The van der Waals surface area contributed by atoms with Crippen LogP contribution in [0.1, 0.15) is 35.6 Å². The predicted molar refractivity (Wildman–Crippen MR) is 74.1 cm³/mol. The van der Waals surface area contributed by atoms with E-state index >= 15 is 0 Å². The number of esters is 1. The molecule has 2 N–H and O–H groups in total. The van der Waals surface area contributed by atoms with Crippen LogP contribution in [0.5, 0.6) is 0 Å². The van der Waals surface area contributed by atoms with Gasteiger partial charge < -0.3 is 14.8 Å². The first-order valence-corrected chi connectivity index (χ1v) is 7.12. The molecule has 0 spiro atoms. The number of carbonyl (C=O) groups is 2. The van der Waals surface area contributed by atoms with Crippen LogP contribution in [-0.4, -0.2) is 46.6 Å². The van der Waals surface area contributed by atoms with Gasteiger partial charge in [-0.05, 0) is 13.5 Å². The molecule has 1 aromatic heterocycles. The van der Waals surface area contributed by atoms with Crippen molar-refractivity contribution in [1.29, 1.82) is 0 Å². The van der Waals surface area contributed by atoms with Crippen LogP contribution in [0.25, 0.3) is 0 Å². The largest absolute Gasteiger partial charge is 0.481 e. The van der Waals surface area contributed by atoms with E-state index in [-0.39, 0.29) is 23.6 Å². The van der Waals surface area contributed by atoms with Crippen LogP contribution >= 0.6 is 11.3 Å². The molecule has 112 valence electrons. The van der Waals surface area contributed by atoms with E-state index in [0.717, 1.165) is 11.3 Å². The van der Waals surface area contributed by atoms with E-state index in [1.165, 1.54) is 0 Å². The van der Waals surface area contributed by atoms with Crippen LogP contribution in [0.2, 0.25) is 0 Å². The summed E-state index contributed by atoms with van der Waals surface area (Å²) in [5.41, 5.74) is 0.163. The average Bonchev–Trinajstić information content (AvgIpc) is 2.75. The Morgan fingerprint density at radius 2 is 2.10 bits per heavy atom. The maximum Gasteiger partial charge on any atom is 0.356 e. The van der Waals surface area contributed by atoms with E-state index < -0.39 is 11.9 Å². The van der Waals surface area contributed by atoms with E-state index in [0.29, 0.717) is 24.5 Å². The highest BCUT2D eigenvalue weighted by Crippen LogP contribution is 2.14. The predicted octanol–water partition coefficient (Wildman–Crippen LogP) is 0.910. The first kappa shape index (κ1) is 16.4. The van der Waals surface area contributed by atoms with Crippen LogP contribution in [0.15, 0.2) is 4.79 Å². The lowest BCUT2D eigenvalue weighted by molar-refractivity contribution is -0.137. The zero-order valence-corrected chi connectivity index (χ0v) is 12.3. The zero-order chi connectivity index (χ0) is 15.1. The Morgan fingerprint density at radius 3 is 2.65 bits per heavy atom. The molecular weight excluding hydrogens is 284 g/mol. The van der Waals surface area contributed by atoms with Crippen molar-refractivity contribution in [3.63, 3.8) is 0 Å². The first-order chi connectivity index (χ1) is 9.47. The third-order valence-corrected chi connectivity index (χ3v) is 3.52. The molecule has 20 heavy (non-hydrogen) atoms. The number of nitrogens with zero attached hydrogens (tertiary/aromatic N) is 1. The maximum absolute atomic E-state index is 11.7. The summed E-state index contributed by atoms with van der Waals surface area (Å²) in [5.74, 6) is -1.44. The van der Waals surface area contributed by atoms with Crippen LogP contribution in [0.4, 0.5) is 0 Å². The van der Waals surface area contributed by atoms with Crippen molar-refractivity contribution in [2.75, 3.05) is 19.7 Å². The summed E-state index contributed by atoms with van der Waals surface area (Å²) in [6, 6.07) is 0. The summed E-state index contributed by atoms with van der Waals surface area (Å²) >= 11 is 0.945. The molecule has 1 heterocycles. The van der Waals surface area contributed by atoms with Crippen molar-refractivity contribution >= 4 is 23.3 Å². The van der Waals surface area contributed by atoms with Crippen molar-refractivity contribution < 1.29 is 19.4 Å². The number of H-pyrrole nitrogens is 1. The SMILES string of the molecule is CCOC(=O)c1[nH]c(=O)sc1CN(CC)CCC(=O)O. The topological polar surface area (TPSA) is 99.7 Å². The molecule has 0 saturated heterocycles. The van der Waals surface area contributed by atoms with Crippen LogP contribution < -0.4 is 4.87 Å². The fourth-order valence-electron chi connectivity index (χ4n) is 1.65. The van der Waals surface area contributed by atoms with E-state index in [1.807, 2.05) is 11.8 Å². The summed E-state index contributed by atoms with van der Waals surface area (Å²) in [6.07, 6.45) is 0.0158. The van der Waals surface area contributed by atoms with E-state index in [1.54, 1.807) is 6.92 Å². The van der Waals surface area contributed by atoms with Gasteiger partial charge in [0.25, 0.3) is 0 Å². The second-order valence-corrected chi connectivity index (χ2v) is 5.11. The Morgan fingerprint density at radius 1 is 1.40 bits per heavy atom. The van der Waals surface area contributed by atoms with Gasteiger partial charge in [0.1, 0.15) is 5.69 Å². The highest BCUT2D eigenvalue weighted by molar-refractivity contribution is 7.09. The lowest BCUT2D eigenvalue weighted by Crippen LogP contribution is -2.26. The second kappa shape index (κ2) is 7.81. The molecule has 0 radical (unpaired) electrons. The first-order valence-electron chi connectivity index (χ1n) is 6.31. The Kier molecular flexibility index (Phi) is 6.40. The minimum Gasteiger partial charge on any atom is -0.481 e. The van der Waals surface area contributed by atoms with Crippen molar-refractivity contribution in [1.82, 2.24) is 9.88 Å². The molecule has 8 heteroatoms. The van der Waals surface area contributed by atoms with Crippen molar-refractivity contribution in [2.45, 2.75) is 26.8 Å². The highest BCUT2D eigenvalue weighted by Gasteiger charge is 2.19. The number of hydrogen-bond acceptors (Lipinski definition) is 6. The van der Waals surface area contributed by atoms with Crippen molar-refractivity contribution in [3.8, 4) is 0 Å². The Labute approximate surface area is 120 Å². The Hall–Kier alpha value is -1.67. The van der Waals surface area contributed by atoms with Gasteiger partial charge in [-0.3, -0.25) is 14.5 Å². The lowest BCUT2D eigenvalue weighted by Gasteiger charge is -2.18. The summed E-state index contributed by atoms with van der Waals surface area (Å²) < 4.78 is 4.88. The zero-order valence-electron chi connectivity index (χ0n) is 11.5. The monoisotopic (exact) mass is 302 g/mol. The third kappa shape index (κ3) is 4.78. The van der Waals surface area contributed by atoms with E-state index in [9.17, 15) is 14.4 Å². The number of hydrogen-bond donors (Lipinski definition) is 2. The minimum atomic E-state index is -0.878. The van der Waals surface area contributed by atoms with Gasteiger partial charge in [0.05, 0.1) is 17.9 Å². The molecule has 0 aliphatic carbocycles. The number of aliphatic carboxylic acids is 1. The average molecular weight is 302 g/mol. The van der Waals surface area contributed by atoms with E-state index in [2.05, 4.69) is 4.98 Å². The van der Waals surface area contributed by atoms with Gasteiger partial charge in [-0.1, -0.05) is 18.3 Å². The van der Waals surface area contributed by atoms with Crippen LogP contribution in [0.3, 0.4) is 0 Å². The summed E-state index contributed by atoms with van der Waals surface area (Å²) in [5, 5.41) is 8.69. The van der Waals surface area contributed by atoms with Gasteiger partial charge in [-0.2, -0.15) is 0 Å². The molecule has 0 unspecified atom stereocenters. The highest BCUT2D eigenvalue weighted by atomic mass is 32.1.